The lowest BCUT2D eigenvalue weighted by molar-refractivity contribution is 0.122. The highest BCUT2D eigenvalue weighted by Gasteiger charge is 2.36. The number of hydrogen-bond acceptors (Lipinski definition) is 3. The van der Waals surface area contributed by atoms with Crippen molar-refractivity contribution in [2.45, 2.75) is 103 Å². The van der Waals surface area contributed by atoms with Gasteiger partial charge in [0, 0.05) is 37.6 Å². The normalized spacial score (nSPS) is 11.4. The van der Waals surface area contributed by atoms with Gasteiger partial charge in [-0.25, -0.2) is 0 Å². The van der Waals surface area contributed by atoms with Gasteiger partial charge in [0.15, 0.2) is 0 Å². The van der Waals surface area contributed by atoms with Crippen LogP contribution < -0.4 is 0 Å². The molecule has 148 valence electrons. The first kappa shape index (κ1) is 26.5. The summed E-state index contributed by atoms with van der Waals surface area (Å²) in [5, 5.41) is 0. The minimum atomic E-state index is -2.29. The number of unbranched alkanes of at least 4 members (excludes halogenated alkanes) is 10. The lowest BCUT2D eigenvalue weighted by Gasteiger charge is -2.24. The molecule has 0 rings (SSSR count). The zero-order chi connectivity index (χ0) is 18.5. The van der Waals surface area contributed by atoms with E-state index in [4.69, 9.17) is 13.3 Å². The SMILES string of the molecule is CCCCCCCC[SiH3].CCCCCCCC[Si](OC)(OC)OC. The lowest BCUT2D eigenvalue weighted by Crippen LogP contribution is -2.42. The third-order valence-corrected chi connectivity index (χ3v) is 8.02. The third-order valence-electron chi connectivity index (χ3n) is 4.48. The Balaban J connectivity index is 0. The Kier molecular flexibility index (Phi) is 23.6. The maximum atomic E-state index is 5.36. The predicted octanol–water partition coefficient (Wildman–Crippen LogP) is 5.36. The van der Waals surface area contributed by atoms with Crippen molar-refractivity contribution in [1.29, 1.82) is 0 Å². The van der Waals surface area contributed by atoms with E-state index >= 15 is 0 Å². The van der Waals surface area contributed by atoms with Gasteiger partial charge in [0.1, 0.15) is 0 Å². The van der Waals surface area contributed by atoms with E-state index in [1.807, 2.05) is 0 Å². The van der Waals surface area contributed by atoms with Crippen LogP contribution in [0.15, 0.2) is 0 Å². The Labute approximate surface area is 157 Å². The van der Waals surface area contributed by atoms with Crippen LogP contribution in [0.2, 0.25) is 12.1 Å². The Bertz CT molecular complexity index is 210. The van der Waals surface area contributed by atoms with Gasteiger partial charge in [0.05, 0.1) is 0 Å². The van der Waals surface area contributed by atoms with Gasteiger partial charge in [-0.2, -0.15) is 0 Å². The van der Waals surface area contributed by atoms with E-state index in [2.05, 4.69) is 13.8 Å². The molecule has 0 aromatic carbocycles. The minimum Gasteiger partial charge on any atom is -0.377 e. The molecule has 0 saturated carbocycles. The molecule has 0 atom stereocenters. The lowest BCUT2D eigenvalue weighted by atomic mass is 10.1. The second-order valence-corrected chi connectivity index (χ2v) is 10.7. The van der Waals surface area contributed by atoms with Crippen LogP contribution in [-0.2, 0) is 13.3 Å². The smallest absolute Gasteiger partial charge is 0.377 e. The summed E-state index contributed by atoms with van der Waals surface area (Å²) in [5.74, 6) is 0. The number of rotatable bonds is 16. The average Bonchev–Trinajstić information content (AvgIpc) is 2.62. The Morgan fingerprint density at radius 3 is 1.33 bits per heavy atom. The molecule has 0 bridgehead atoms. The highest BCUT2D eigenvalue weighted by atomic mass is 28.4. The van der Waals surface area contributed by atoms with E-state index in [-0.39, 0.29) is 0 Å². The molecule has 3 nitrogen and oxygen atoms in total. The van der Waals surface area contributed by atoms with E-state index in [0.29, 0.717) is 0 Å². The van der Waals surface area contributed by atoms with Crippen LogP contribution >= 0.6 is 0 Å². The molecule has 0 amide bonds. The van der Waals surface area contributed by atoms with Crippen LogP contribution in [0.25, 0.3) is 0 Å². The van der Waals surface area contributed by atoms with Crippen molar-refractivity contribution in [2.75, 3.05) is 21.3 Å². The topological polar surface area (TPSA) is 27.7 Å². The van der Waals surface area contributed by atoms with Crippen molar-refractivity contribution in [3.05, 3.63) is 0 Å². The van der Waals surface area contributed by atoms with Crippen LogP contribution in [0.4, 0.5) is 0 Å². The molecule has 0 aliphatic carbocycles. The third kappa shape index (κ3) is 17.1. The van der Waals surface area contributed by atoms with Crippen molar-refractivity contribution in [2.24, 2.45) is 0 Å². The minimum absolute atomic E-state index is 0.933. The quantitative estimate of drug-likeness (QED) is 0.267. The molecule has 0 N–H and O–H groups in total. The van der Waals surface area contributed by atoms with Gasteiger partial charge in [0.2, 0.25) is 0 Å². The van der Waals surface area contributed by atoms with Crippen LogP contribution in [-0.4, -0.2) is 40.4 Å². The zero-order valence-electron chi connectivity index (χ0n) is 17.6. The van der Waals surface area contributed by atoms with Gasteiger partial charge in [-0.3, -0.25) is 0 Å². The van der Waals surface area contributed by atoms with Gasteiger partial charge in [-0.1, -0.05) is 90.5 Å². The van der Waals surface area contributed by atoms with Crippen LogP contribution in [0, 0.1) is 0 Å². The van der Waals surface area contributed by atoms with Crippen LogP contribution in [0.5, 0.6) is 0 Å². The van der Waals surface area contributed by atoms with Gasteiger partial charge in [-0.15, -0.1) is 0 Å². The van der Waals surface area contributed by atoms with Gasteiger partial charge in [-0.05, 0) is 6.42 Å². The second kappa shape index (κ2) is 21.4. The summed E-state index contributed by atoms with van der Waals surface area (Å²) >= 11 is 0. The summed E-state index contributed by atoms with van der Waals surface area (Å²) in [5.41, 5.74) is 0. The fourth-order valence-electron chi connectivity index (χ4n) is 2.71. The first-order valence-electron chi connectivity index (χ1n) is 10.3. The average molecular weight is 379 g/mol. The van der Waals surface area contributed by atoms with Crippen LogP contribution in [0.3, 0.4) is 0 Å². The van der Waals surface area contributed by atoms with E-state index in [1.54, 1.807) is 21.3 Å². The summed E-state index contributed by atoms with van der Waals surface area (Å²) in [6.07, 6.45) is 16.5. The fourth-order valence-corrected chi connectivity index (χ4v) is 5.00. The molecular weight excluding hydrogens is 332 g/mol. The van der Waals surface area contributed by atoms with E-state index in [9.17, 15) is 0 Å². The molecule has 0 radical (unpaired) electrons. The maximum Gasteiger partial charge on any atom is 0.500 e. The standard InChI is InChI=1S/C11H26O3Si.C8H20Si/c1-5-6-7-8-9-10-11-15(12-2,13-3)14-4;1-2-3-4-5-6-7-8-9/h5-11H2,1-4H3;2-8H2,1,9H3. The molecule has 0 fully saturated rings. The van der Waals surface area contributed by atoms with E-state index in [1.165, 1.54) is 86.9 Å². The molecule has 0 aliphatic heterocycles. The molecule has 0 saturated heterocycles. The maximum absolute atomic E-state index is 5.36. The highest BCUT2D eigenvalue weighted by Crippen LogP contribution is 2.18. The first-order valence-corrected chi connectivity index (χ1v) is 13.7. The molecule has 0 heterocycles. The molecule has 5 heteroatoms. The fraction of sp³-hybridized carbons (Fsp3) is 1.00. The van der Waals surface area contributed by atoms with Gasteiger partial charge >= 0.3 is 8.80 Å². The Morgan fingerprint density at radius 1 is 0.583 bits per heavy atom. The molecular formula is C19H46O3Si2. The Morgan fingerprint density at radius 2 is 0.958 bits per heavy atom. The van der Waals surface area contributed by atoms with E-state index < -0.39 is 8.80 Å². The predicted molar refractivity (Wildman–Crippen MR) is 113 cm³/mol. The van der Waals surface area contributed by atoms with Crippen molar-refractivity contribution in [3.8, 4) is 0 Å². The summed E-state index contributed by atoms with van der Waals surface area (Å²) in [6.45, 7) is 4.51. The monoisotopic (exact) mass is 378 g/mol. The second-order valence-electron chi connectivity index (χ2n) is 6.58. The van der Waals surface area contributed by atoms with Crippen molar-refractivity contribution < 1.29 is 13.3 Å². The molecule has 24 heavy (non-hydrogen) atoms. The van der Waals surface area contributed by atoms with E-state index in [0.717, 1.165) is 12.5 Å². The summed E-state index contributed by atoms with van der Waals surface area (Å²) in [4.78, 5) is 0. The molecule has 0 aromatic rings. The van der Waals surface area contributed by atoms with Crippen molar-refractivity contribution in [1.82, 2.24) is 0 Å². The molecule has 0 spiro atoms. The summed E-state index contributed by atoms with van der Waals surface area (Å²) in [7, 11) is 4.15. The highest BCUT2D eigenvalue weighted by molar-refractivity contribution is 6.60. The first-order chi connectivity index (χ1) is 11.7. The molecule has 0 aliphatic rings. The summed E-state index contributed by atoms with van der Waals surface area (Å²) < 4.78 is 16.1. The molecule has 0 aromatic heterocycles. The zero-order valence-corrected chi connectivity index (χ0v) is 20.6. The van der Waals surface area contributed by atoms with Gasteiger partial charge in [0.25, 0.3) is 0 Å². The summed E-state index contributed by atoms with van der Waals surface area (Å²) in [6, 6.07) is 2.44. The van der Waals surface area contributed by atoms with Crippen LogP contribution in [0.1, 0.15) is 90.9 Å². The number of hydrogen-bond donors (Lipinski definition) is 0. The van der Waals surface area contributed by atoms with Crippen molar-refractivity contribution >= 4 is 19.0 Å². The van der Waals surface area contributed by atoms with Crippen molar-refractivity contribution in [3.63, 3.8) is 0 Å². The largest absolute Gasteiger partial charge is 0.500 e. The van der Waals surface area contributed by atoms with Gasteiger partial charge < -0.3 is 13.3 Å². The Hall–Kier alpha value is 0.314. The molecule has 0 unspecified atom stereocenters.